The van der Waals surface area contributed by atoms with Gasteiger partial charge >= 0.3 is 12.1 Å². The van der Waals surface area contributed by atoms with Gasteiger partial charge in [0.1, 0.15) is 16.7 Å². The number of nitrogens with two attached hydrogens (primary N) is 1. The van der Waals surface area contributed by atoms with E-state index in [2.05, 4.69) is 20.0 Å². The third kappa shape index (κ3) is 9.13. The highest BCUT2D eigenvalue weighted by atomic mass is 32.2. The Morgan fingerprint density at radius 1 is 1.17 bits per heavy atom. The lowest BCUT2D eigenvalue weighted by atomic mass is 10.1. The van der Waals surface area contributed by atoms with E-state index in [0.29, 0.717) is 27.2 Å². The van der Waals surface area contributed by atoms with Crippen LogP contribution < -0.4 is 15.8 Å². The molecule has 41 heavy (non-hydrogen) atoms. The fourth-order valence-corrected chi connectivity index (χ4v) is 5.72. The van der Waals surface area contributed by atoms with E-state index in [1.165, 1.54) is 30.6 Å². The van der Waals surface area contributed by atoms with Gasteiger partial charge in [-0.25, -0.2) is 27.7 Å². The van der Waals surface area contributed by atoms with E-state index in [0.717, 1.165) is 5.56 Å². The summed E-state index contributed by atoms with van der Waals surface area (Å²) in [4.78, 5) is 33.1. The summed E-state index contributed by atoms with van der Waals surface area (Å²) >= 11 is 1.18. The number of alkyl carbamates (subject to hydrolysis) is 1. The number of benzene rings is 2. The first-order chi connectivity index (χ1) is 19.2. The standard InChI is InChI=1S/C27H35N5O7S2/c1-16-8-11-18(12-9-16)41(36,37)32-25(28)29-14-6-7-20(31-26(35)39-27(2,3)4)22(33)23-30-19-13-10-17(24(34)38-5)15-21(19)40-23/h8-13,15,20,22,33H,6-7,14H2,1-5H3,(H,31,35)(H3,28,29,32)/t20-,22?/m0/s1. The van der Waals surface area contributed by atoms with Gasteiger partial charge in [0.05, 0.1) is 33.8 Å². The molecule has 0 saturated heterocycles. The van der Waals surface area contributed by atoms with Gasteiger partial charge in [-0.05, 0) is 70.9 Å². The van der Waals surface area contributed by atoms with E-state index >= 15 is 0 Å². The number of aliphatic imine (C=N–C) groups is 1. The molecule has 0 fully saturated rings. The number of carbonyl (C=O) groups is 2. The quantitative estimate of drug-likeness (QED) is 0.116. The fraction of sp³-hybridized carbons (Fsp3) is 0.407. The first-order valence-corrected chi connectivity index (χ1v) is 15.0. The summed E-state index contributed by atoms with van der Waals surface area (Å²) in [5, 5.41) is 14.2. The maximum Gasteiger partial charge on any atom is 0.407 e. The molecule has 0 spiro atoms. The second-order valence-corrected chi connectivity index (χ2v) is 13.0. The summed E-state index contributed by atoms with van der Waals surface area (Å²) in [5.41, 5.74) is 6.89. The Morgan fingerprint density at radius 2 is 1.85 bits per heavy atom. The Bertz CT molecular complexity index is 1510. The number of aliphatic hydroxyl groups excluding tert-OH is 1. The summed E-state index contributed by atoms with van der Waals surface area (Å²) in [5.74, 6) is -0.775. The van der Waals surface area contributed by atoms with Crippen LogP contribution in [0.25, 0.3) is 10.2 Å². The molecule has 3 aromatic rings. The van der Waals surface area contributed by atoms with Crippen molar-refractivity contribution in [2.24, 2.45) is 10.7 Å². The second-order valence-electron chi connectivity index (χ2n) is 10.3. The van der Waals surface area contributed by atoms with Gasteiger partial charge in [-0.1, -0.05) is 17.7 Å². The number of hydrogen-bond acceptors (Lipinski definition) is 10. The average molecular weight is 606 g/mol. The van der Waals surface area contributed by atoms with Crippen LogP contribution in [-0.4, -0.2) is 61.8 Å². The maximum absolute atomic E-state index is 12.5. The number of methoxy groups -OCH3 is 1. The van der Waals surface area contributed by atoms with Gasteiger partial charge in [-0.3, -0.25) is 4.99 Å². The van der Waals surface area contributed by atoms with Crippen molar-refractivity contribution in [1.82, 2.24) is 15.0 Å². The van der Waals surface area contributed by atoms with Crippen LogP contribution in [0, 0.1) is 6.92 Å². The third-order valence-corrected chi connectivity index (χ3v) is 8.15. The van der Waals surface area contributed by atoms with Crippen LogP contribution in [0.2, 0.25) is 0 Å². The van der Waals surface area contributed by atoms with Crippen LogP contribution in [0.3, 0.4) is 0 Å². The number of amides is 1. The zero-order valence-electron chi connectivity index (χ0n) is 23.5. The highest BCUT2D eigenvalue weighted by Crippen LogP contribution is 2.30. The minimum Gasteiger partial charge on any atom is -0.465 e. The van der Waals surface area contributed by atoms with E-state index in [-0.39, 0.29) is 23.8 Å². The molecule has 222 valence electrons. The van der Waals surface area contributed by atoms with E-state index in [1.54, 1.807) is 51.1 Å². The van der Waals surface area contributed by atoms with Gasteiger partial charge in [0.2, 0.25) is 5.96 Å². The predicted molar refractivity (Wildman–Crippen MR) is 156 cm³/mol. The molecular weight excluding hydrogens is 570 g/mol. The van der Waals surface area contributed by atoms with Crippen molar-refractivity contribution < 1.29 is 32.6 Å². The molecule has 0 aliphatic rings. The van der Waals surface area contributed by atoms with Crippen molar-refractivity contribution in [3.8, 4) is 0 Å². The number of guanidine groups is 1. The number of hydrogen-bond donors (Lipinski definition) is 4. The molecular formula is C27H35N5O7S2. The first kappa shape index (κ1) is 31.8. The summed E-state index contributed by atoms with van der Waals surface area (Å²) in [6.07, 6.45) is -1.35. The second kappa shape index (κ2) is 13.3. The number of aromatic nitrogens is 1. The van der Waals surface area contributed by atoms with Crippen LogP contribution >= 0.6 is 11.3 Å². The zero-order valence-corrected chi connectivity index (χ0v) is 25.1. The smallest absolute Gasteiger partial charge is 0.407 e. The minimum absolute atomic E-state index is 0.0561. The number of nitrogens with one attached hydrogen (secondary N) is 2. The maximum atomic E-state index is 12.5. The number of ether oxygens (including phenoxy) is 2. The first-order valence-electron chi connectivity index (χ1n) is 12.7. The van der Waals surface area contributed by atoms with Gasteiger partial charge in [-0.15, -0.1) is 11.3 Å². The molecule has 0 radical (unpaired) electrons. The molecule has 2 atom stereocenters. The Kier molecular flexibility index (Phi) is 10.3. The monoisotopic (exact) mass is 605 g/mol. The van der Waals surface area contributed by atoms with Gasteiger partial charge < -0.3 is 25.6 Å². The molecule has 2 aromatic carbocycles. The molecule has 5 N–H and O–H groups in total. The van der Waals surface area contributed by atoms with Crippen molar-refractivity contribution in [1.29, 1.82) is 0 Å². The molecule has 0 saturated carbocycles. The summed E-state index contributed by atoms with van der Waals surface area (Å²) in [6.45, 7) is 7.13. The third-order valence-electron chi connectivity index (χ3n) is 5.69. The molecule has 1 heterocycles. The van der Waals surface area contributed by atoms with Crippen molar-refractivity contribution >= 4 is 49.6 Å². The van der Waals surface area contributed by atoms with Crippen molar-refractivity contribution in [2.75, 3.05) is 13.7 Å². The summed E-state index contributed by atoms with van der Waals surface area (Å²) < 4.78 is 38.1. The van der Waals surface area contributed by atoms with Crippen molar-refractivity contribution in [3.05, 3.63) is 58.6 Å². The normalized spacial score (nSPS) is 13.9. The zero-order chi connectivity index (χ0) is 30.4. The number of aliphatic hydroxyl groups is 1. The van der Waals surface area contributed by atoms with Crippen LogP contribution in [0.15, 0.2) is 52.4 Å². The lowest BCUT2D eigenvalue weighted by molar-refractivity contribution is 0.0412. The largest absolute Gasteiger partial charge is 0.465 e. The number of sulfonamides is 1. The lowest BCUT2D eigenvalue weighted by Crippen LogP contribution is -2.42. The van der Waals surface area contributed by atoms with Crippen molar-refractivity contribution in [2.45, 2.75) is 63.2 Å². The minimum atomic E-state index is -3.89. The Morgan fingerprint density at radius 3 is 2.49 bits per heavy atom. The topological polar surface area (TPSA) is 182 Å². The molecule has 12 nitrogen and oxygen atoms in total. The van der Waals surface area contributed by atoms with Gasteiger partial charge in [-0.2, -0.15) is 0 Å². The highest BCUT2D eigenvalue weighted by Gasteiger charge is 2.28. The van der Waals surface area contributed by atoms with E-state index in [1.807, 2.05) is 6.92 Å². The summed E-state index contributed by atoms with van der Waals surface area (Å²) in [7, 11) is -2.60. The van der Waals surface area contributed by atoms with Crippen LogP contribution in [-0.2, 0) is 19.5 Å². The molecule has 0 aliphatic heterocycles. The van der Waals surface area contributed by atoms with Crippen LogP contribution in [0.5, 0.6) is 0 Å². The Balaban J connectivity index is 1.71. The molecule has 0 aliphatic carbocycles. The number of fused-ring (bicyclic) bond motifs is 1. The summed E-state index contributed by atoms with van der Waals surface area (Å²) in [6, 6.07) is 10.3. The SMILES string of the molecule is COC(=O)c1ccc2nc(C(O)[C@H](CCCN=C(N)NS(=O)(=O)c3ccc(C)cc3)NC(=O)OC(C)(C)C)sc2c1. The Labute approximate surface area is 243 Å². The van der Waals surface area contributed by atoms with Gasteiger partial charge in [0.15, 0.2) is 0 Å². The molecule has 1 unspecified atom stereocenters. The molecule has 0 bridgehead atoms. The van der Waals surface area contributed by atoms with Gasteiger partial charge in [0, 0.05) is 6.54 Å². The Hall–Kier alpha value is -3.75. The van der Waals surface area contributed by atoms with Crippen LogP contribution in [0.4, 0.5) is 4.79 Å². The van der Waals surface area contributed by atoms with E-state index in [4.69, 9.17) is 15.2 Å². The van der Waals surface area contributed by atoms with E-state index in [9.17, 15) is 23.1 Å². The number of thiazole rings is 1. The highest BCUT2D eigenvalue weighted by molar-refractivity contribution is 7.90. The van der Waals surface area contributed by atoms with Crippen molar-refractivity contribution in [3.63, 3.8) is 0 Å². The molecule has 1 amide bonds. The van der Waals surface area contributed by atoms with E-state index < -0.39 is 39.8 Å². The average Bonchev–Trinajstić information content (AvgIpc) is 3.32. The number of carbonyl (C=O) groups excluding carboxylic acids is 2. The fourth-order valence-electron chi connectivity index (χ4n) is 3.71. The number of rotatable bonds is 10. The van der Waals surface area contributed by atoms with Gasteiger partial charge in [0.25, 0.3) is 10.0 Å². The number of aryl methyl sites for hydroxylation is 1. The molecule has 14 heteroatoms. The molecule has 3 rings (SSSR count). The number of nitrogens with zero attached hydrogens (tertiary/aromatic N) is 2. The molecule has 1 aromatic heterocycles. The van der Waals surface area contributed by atoms with Crippen LogP contribution in [0.1, 0.15) is 60.6 Å². The predicted octanol–water partition coefficient (Wildman–Crippen LogP) is 3.39. The lowest BCUT2D eigenvalue weighted by Gasteiger charge is -2.25. The number of esters is 1.